The highest BCUT2D eigenvalue weighted by Crippen LogP contribution is 2.11. The third-order valence-electron chi connectivity index (χ3n) is 5.57. The minimum atomic E-state index is -1.30. The minimum Gasteiger partial charge on any atom is -0.480 e. The second-order valence-corrected chi connectivity index (χ2v) is 8.94. The van der Waals surface area contributed by atoms with Gasteiger partial charge in [-0.05, 0) is 23.8 Å². The van der Waals surface area contributed by atoms with Crippen LogP contribution in [0.5, 0.6) is 0 Å². The molecule has 1 aromatic rings. The van der Waals surface area contributed by atoms with Crippen LogP contribution in [0.4, 0.5) is 0 Å². The number of nitrogens with two attached hydrogens (primary N) is 1. The van der Waals surface area contributed by atoms with Crippen LogP contribution >= 0.6 is 0 Å². The first-order chi connectivity index (χ1) is 16.0. The average molecular weight is 479 g/mol. The van der Waals surface area contributed by atoms with Crippen molar-refractivity contribution in [3.8, 4) is 0 Å². The van der Waals surface area contributed by atoms with Gasteiger partial charge in [0.2, 0.25) is 17.7 Å². The van der Waals surface area contributed by atoms with Gasteiger partial charge in [-0.25, -0.2) is 4.79 Å². The number of nitrogens with one attached hydrogen (secondary N) is 3. The molecule has 0 saturated heterocycles. The van der Waals surface area contributed by atoms with Crippen LogP contribution < -0.4 is 21.7 Å². The molecule has 0 bridgehead atoms. The third-order valence-corrected chi connectivity index (χ3v) is 5.57. The molecule has 34 heavy (non-hydrogen) atoms. The Kier molecular flexibility index (Phi) is 12.2. The Labute approximate surface area is 200 Å². The lowest BCUT2D eigenvalue weighted by atomic mass is 9.97. The van der Waals surface area contributed by atoms with Crippen LogP contribution in [-0.4, -0.2) is 64.7 Å². The zero-order valence-electron chi connectivity index (χ0n) is 20.3. The van der Waals surface area contributed by atoms with Crippen LogP contribution in [-0.2, 0) is 25.6 Å². The van der Waals surface area contributed by atoms with Crippen molar-refractivity contribution in [1.82, 2.24) is 16.0 Å². The van der Waals surface area contributed by atoms with Gasteiger partial charge in [0.05, 0.1) is 12.6 Å². The fourth-order valence-corrected chi connectivity index (χ4v) is 3.35. The van der Waals surface area contributed by atoms with Gasteiger partial charge >= 0.3 is 5.97 Å². The number of carboxylic acids is 1. The van der Waals surface area contributed by atoms with E-state index in [1.165, 1.54) is 0 Å². The molecule has 0 heterocycles. The lowest BCUT2D eigenvalue weighted by Gasteiger charge is -2.27. The van der Waals surface area contributed by atoms with Gasteiger partial charge in [-0.15, -0.1) is 0 Å². The van der Waals surface area contributed by atoms with Crippen LogP contribution in [0.2, 0.25) is 0 Å². The van der Waals surface area contributed by atoms with Crippen LogP contribution in [0.25, 0.3) is 0 Å². The number of aliphatic hydroxyl groups is 1. The summed E-state index contributed by atoms with van der Waals surface area (Å²) in [5.41, 5.74) is 6.58. The topological polar surface area (TPSA) is 171 Å². The van der Waals surface area contributed by atoms with Crippen molar-refractivity contribution in [2.24, 2.45) is 17.6 Å². The van der Waals surface area contributed by atoms with Gasteiger partial charge in [0.1, 0.15) is 18.1 Å². The van der Waals surface area contributed by atoms with E-state index in [4.69, 9.17) is 5.73 Å². The summed E-state index contributed by atoms with van der Waals surface area (Å²) in [6.07, 6.45) is 0.998. The normalized spacial score (nSPS) is 15.5. The molecule has 0 radical (unpaired) electrons. The molecule has 5 atom stereocenters. The highest BCUT2D eigenvalue weighted by Gasteiger charge is 2.32. The Hall–Kier alpha value is -2.98. The lowest BCUT2D eigenvalue weighted by Crippen LogP contribution is -2.59. The Morgan fingerprint density at radius 1 is 0.912 bits per heavy atom. The Balaban J connectivity index is 2.91. The molecule has 10 heteroatoms. The molecule has 0 saturated carbocycles. The maximum Gasteiger partial charge on any atom is 0.326 e. The minimum absolute atomic E-state index is 0.0755. The number of hydrogen-bond acceptors (Lipinski definition) is 6. The maximum absolute atomic E-state index is 13.0. The van der Waals surface area contributed by atoms with Gasteiger partial charge in [0.15, 0.2) is 0 Å². The Bertz CT molecular complexity index is 817. The number of carbonyl (C=O) groups excluding carboxylic acids is 3. The van der Waals surface area contributed by atoms with Crippen molar-refractivity contribution in [3.05, 3.63) is 35.9 Å². The quantitative estimate of drug-likeness (QED) is 0.221. The first-order valence-corrected chi connectivity index (χ1v) is 11.5. The molecule has 1 rings (SSSR count). The van der Waals surface area contributed by atoms with E-state index >= 15 is 0 Å². The van der Waals surface area contributed by atoms with Gasteiger partial charge in [0.25, 0.3) is 0 Å². The summed E-state index contributed by atoms with van der Waals surface area (Å²) in [6, 6.07) is 4.46. The molecule has 0 aromatic heterocycles. The van der Waals surface area contributed by atoms with E-state index in [9.17, 15) is 29.4 Å². The van der Waals surface area contributed by atoms with Gasteiger partial charge in [-0.2, -0.15) is 0 Å². The van der Waals surface area contributed by atoms with E-state index < -0.39 is 54.5 Å². The monoisotopic (exact) mass is 478 g/mol. The number of hydrogen-bond donors (Lipinski definition) is 6. The molecule has 1 aromatic carbocycles. The smallest absolute Gasteiger partial charge is 0.326 e. The second-order valence-electron chi connectivity index (χ2n) is 8.94. The number of carboxylic acid groups (broad SMARTS) is 1. The van der Waals surface area contributed by atoms with Crippen molar-refractivity contribution in [3.63, 3.8) is 0 Å². The molecule has 0 aliphatic heterocycles. The van der Waals surface area contributed by atoms with Crippen LogP contribution in [0, 0.1) is 11.8 Å². The number of amides is 3. The Morgan fingerprint density at radius 2 is 1.50 bits per heavy atom. The number of rotatable bonds is 14. The lowest BCUT2D eigenvalue weighted by molar-refractivity contribution is -0.142. The summed E-state index contributed by atoms with van der Waals surface area (Å²) in [5.74, 6) is -3.38. The van der Waals surface area contributed by atoms with E-state index in [1.807, 2.05) is 20.8 Å². The summed E-state index contributed by atoms with van der Waals surface area (Å²) >= 11 is 0. The first-order valence-electron chi connectivity index (χ1n) is 11.5. The van der Waals surface area contributed by atoms with Gasteiger partial charge in [-0.1, -0.05) is 64.4 Å². The summed E-state index contributed by atoms with van der Waals surface area (Å²) in [7, 11) is 0. The summed E-state index contributed by atoms with van der Waals surface area (Å²) in [5, 5.41) is 26.7. The van der Waals surface area contributed by atoms with E-state index in [0.717, 1.165) is 5.56 Å². The zero-order valence-corrected chi connectivity index (χ0v) is 20.3. The van der Waals surface area contributed by atoms with Crippen molar-refractivity contribution >= 4 is 23.7 Å². The molecule has 0 fully saturated rings. The van der Waals surface area contributed by atoms with Crippen LogP contribution in [0.1, 0.15) is 46.1 Å². The average Bonchev–Trinajstić information content (AvgIpc) is 2.79. The highest BCUT2D eigenvalue weighted by atomic mass is 16.4. The van der Waals surface area contributed by atoms with E-state index in [2.05, 4.69) is 16.0 Å². The van der Waals surface area contributed by atoms with Crippen molar-refractivity contribution in [1.29, 1.82) is 0 Å². The first kappa shape index (κ1) is 29.1. The van der Waals surface area contributed by atoms with Crippen molar-refractivity contribution in [2.45, 2.75) is 71.1 Å². The van der Waals surface area contributed by atoms with E-state index in [1.54, 1.807) is 37.3 Å². The highest BCUT2D eigenvalue weighted by molar-refractivity contribution is 5.94. The summed E-state index contributed by atoms with van der Waals surface area (Å²) in [4.78, 5) is 49.8. The predicted molar refractivity (Wildman–Crippen MR) is 128 cm³/mol. The number of carbonyl (C=O) groups is 4. The van der Waals surface area contributed by atoms with Crippen molar-refractivity contribution < 1.29 is 29.4 Å². The molecule has 0 spiro atoms. The van der Waals surface area contributed by atoms with Crippen molar-refractivity contribution in [2.75, 3.05) is 6.61 Å². The van der Waals surface area contributed by atoms with E-state index in [0.29, 0.717) is 12.8 Å². The van der Waals surface area contributed by atoms with Gasteiger partial charge in [0, 0.05) is 6.42 Å². The summed E-state index contributed by atoms with van der Waals surface area (Å²) < 4.78 is 0. The van der Waals surface area contributed by atoms with Crippen LogP contribution in [0.15, 0.2) is 30.3 Å². The summed E-state index contributed by atoms with van der Waals surface area (Å²) in [6.45, 7) is 6.68. The fourth-order valence-electron chi connectivity index (χ4n) is 3.35. The molecule has 0 aliphatic rings. The SMILES string of the molecule is CCC(C)C(NC(=O)C(CO)NC(=O)C(N)CC(C)C)C(=O)NC(Cc1ccccc1)C(=O)O. The predicted octanol–water partition coefficient (Wildman–Crippen LogP) is 0.180. The molecular weight excluding hydrogens is 440 g/mol. The number of benzene rings is 1. The Morgan fingerprint density at radius 3 is 2.00 bits per heavy atom. The second kappa shape index (κ2) is 14.3. The molecule has 3 amide bonds. The molecule has 190 valence electrons. The third kappa shape index (κ3) is 9.48. The van der Waals surface area contributed by atoms with Gasteiger partial charge < -0.3 is 31.9 Å². The zero-order chi connectivity index (χ0) is 25.8. The van der Waals surface area contributed by atoms with Crippen LogP contribution in [0.3, 0.4) is 0 Å². The fraction of sp³-hybridized carbons (Fsp3) is 0.583. The molecule has 7 N–H and O–H groups in total. The number of aliphatic carboxylic acids is 1. The molecular formula is C24H38N4O6. The molecule has 10 nitrogen and oxygen atoms in total. The maximum atomic E-state index is 13.0. The molecule has 0 aliphatic carbocycles. The van der Waals surface area contributed by atoms with E-state index in [-0.39, 0.29) is 18.3 Å². The van der Waals surface area contributed by atoms with Gasteiger partial charge in [-0.3, -0.25) is 14.4 Å². The molecule has 5 unspecified atom stereocenters. The largest absolute Gasteiger partial charge is 0.480 e. The number of aliphatic hydroxyl groups excluding tert-OH is 1. The standard InChI is InChI=1S/C24H38N4O6/c1-5-15(4)20(23(32)26-18(24(33)34)12-16-9-7-6-8-10-16)28-22(31)19(13-29)27-21(30)17(25)11-14(2)3/h6-10,14-15,17-20,29H,5,11-13,25H2,1-4H3,(H,26,32)(H,27,30)(H,28,31)(H,33,34).